The second-order valence-electron chi connectivity index (χ2n) is 5.07. The second kappa shape index (κ2) is 6.11. The molecular formula is C12H25NO2. The smallest absolute Gasteiger partial charge is 0.225 e. The van der Waals surface area contributed by atoms with E-state index in [9.17, 15) is 4.79 Å². The predicted molar refractivity (Wildman–Crippen MR) is 62.5 cm³/mol. The highest BCUT2D eigenvalue weighted by Crippen LogP contribution is 2.20. The maximum absolute atomic E-state index is 11.9. The number of amides is 1. The maximum Gasteiger partial charge on any atom is 0.225 e. The summed E-state index contributed by atoms with van der Waals surface area (Å²) in [6.45, 7) is 10.1. The number of hydrogen-bond donors (Lipinski definition) is 2. The highest BCUT2D eigenvalue weighted by atomic mass is 16.3. The minimum atomic E-state index is -0.317. The third kappa shape index (κ3) is 4.65. The van der Waals surface area contributed by atoms with Gasteiger partial charge in [0.15, 0.2) is 0 Å². The van der Waals surface area contributed by atoms with E-state index in [4.69, 9.17) is 5.11 Å². The fraction of sp³-hybridized carbons (Fsp3) is 0.917. The number of hydrogen-bond acceptors (Lipinski definition) is 2. The molecule has 0 aromatic rings. The van der Waals surface area contributed by atoms with Crippen molar-refractivity contribution in [3.05, 3.63) is 0 Å². The molecule has 1 amide bonds. The van der Waals surface area contributed by atoms with Gasteiger partial charge in [-0.1, -0.05) is 34.6 Å². The van der Waals surface area contributed by atoms with E-state index in [0.29, 0.717) is 12.3 Å². The van der Waals surface area contributed by atoms with Crippen LogP contribution in [0.4, 0.5) is 0 Å². The van der Waals surface area contributed by atoms with Gasteiger partial charge in [-0.2, -0.15) is 0 Å². The summed E-state index contributed by atoms with van der Waals surface area (Å²) < 4.78 is 0. The van der Waals surface area contributed by atoms with Gasteiger partial charge in [0.2, 0.25) is 5.91 Å². The van der Waals surface area contributed by atoms with Gasteiger partial charge in [0, 0.05) is 18.1 Å². The summed E-state index contributed by atoms with van der Waals surface area (Å²) in [4.78, 5) is 11.9. The summed E-state index contributed by atoms with van der Waals surface area (Å²) in [6.07, 6.45) is 1.45. The van der Waals surface area contributed by atoms with E-state index in [2.05, 4.69) is 19.2 Å². The van der Waals surface area contributed by atoms with Crippen molar-refractivity contribution in [2.75, 3.05) is 6.61 Å². The van der Waals surface area contributed by atoms with Crippen molar-refractivity contribution >= 4 is 5.91 Å². The first-order chi connectivity index (χ1) is 6.85. The van der Waals surface area contributed by atoms with Gasteiger partial charge in [-0.15, -0.1) is 0 Å². The van der Waals surface area contributed by atoms with Crippen LogP contribution in [0.2, 0.25) is 0 Å². The van der Waals surface area contributed by atoms with Crippen LogP contribution in [0.15, 0.2) is 0 Å². The molecule has 0 aromatic carbocycles. The standard InChI is InChI=1S/C12H25NO2/c1-6-12(4,5)11(15)13-10(7-8-14)9(2)3/h9-10,14H,6-8H2,1-5H3,(H,13,15). The van der Waals surface area contributed by atoms with E-state index in [-0.39, 0.29) is 24.0 Å². The van der Waals surface area contributed by atoms with Crippen LogP contribution < -0.4 is 5.32 Å². The highest BCUT2D eigenvalue weighted by Gasteiger charge is 2.27. The molecule has 0 bridgehead atoms. The van der Waals surface area contributed by atoms with Crippen molar-refractivity contribution in [1.82, 2.24) is 5.32 Å². The molecule has 3 heteroatoms. The molecule has 0 rings (SSSR count). The summed E-state index contributed by atoms with van der Waals surface area (Å²) in [7, 11) is 0. The molecule has 90 valence electrons. The summed E-state index contributed by atoms with van der Waals surface area (Å²) in [6, 6.07) is 0.0772. The first-order valence-corrected chi connectivity index (χ1v) is 5.77. The zero-order chi connectivity index (χ0) is 12.1. The third-order valence-electron chi connectivity index (χ3n) is 3.06. The van der Waals surface area contributed by atoms with E-state index in [1.807, 2.05) is 20.8 Å². The molecule has 0 saturated carbocycles. The Morgan fingerprint density at radius 3 is 2.27 bits per heavy atom. The van der Waals surface area contributed by atoms with Crippen LogP contribution in [0.3, 0.4) is 0 Å². The molecule has 0 aliphatic carbocycles. The van der Waals surface area contributed by atoms with Gasteiger partial charge in [-0.25, -0.2) is 0 Å². The maximum atomic E-state index is 11.9. The molecule has 1 atom stereocenters. The molecule has 3 nitrogen and oxygen atoms in total. The summed E-state index contributed by atoms with van der Waals surface area (Å²) in [5.41, 5.74) is -0.317. The number of aliphatic hydroxyl groups excluding tert-OH is 1. The first-order valence-electron chi connectivity index (χ1n) is 5.77. The van der Waals surface area contributed by atoms with Gasteiger partial charge >= 0.3 is 0 Å². The molecule has 0 saturated heterocycles. The Morgan fingerprint density at radius 2 is 1.93 bits per heavy atom. The molecule has 0 spiro atoms. The van der Waals surface area contributed by atoms with Gasteiger partial charge < -0.3 is 10.4 Å². The van der Waals surface area contributed by atoms with Crippen LogP contribution in [-0.2, 0) is 4.79 Å². The average Bonchev–Trinajstić information content (AvgIpc) is 2.16. The van der Waals surface area contributed by atoms with Crippen molar-refractivity contribution in [2.45, 2.75) is 53.5 Å². The Balaban J connectivity index is 4.35. The Morgan fingerprint density at radius 1 is 1.40 bits per heavy atom. The predicted octanol–water partition coefficient (Wildman–Crippen LogP) is 1.95. The van der Waals surface area contributed by atoms with E-state index < -0.39 is 0 Å². The fourth-order valence-corrected chi connectivity index (χ4v) is 1.24. The van der Waals surface area contributed by atoms with E-state index in [1.54, 1.807) is 0 Å². The number of aliphatic hydroxyl groups is 1. The highest BCUT2D eigenvalue weighted by molar-refractivity contribution is 5.82. The topological polar surface area (TPSA) is 49.3 Å². The summed E-state index contributed by atoms with van der Waals surface area (Å²) in [5, 5.41) is 11.9. The SMILES string of the molecule is CCC(C)(C)C(=O)NC(CCO)C(C)C. The van der Waals surface area contributed by atoms with Crippen molar-refractivity contribution < 1.29 is 9.90 Å². The minimum Gasteiger partial charge on any atom is -0.396 e. The summed E-state index contributed by atoms with van der Waals surface area (Å²) in [5.74, 6) is 0.436. The molecular weight excluding hydrogens is 190 g/mol. The molecule has 0 radical (unpaired) electrons. The van der Waals surface area contributed by atoms with Crippen molar-refractivity contribution in [1.29, 1.82) is 0 Å². The fourth-order valence-electron chi connectivity index (χ4n) is 1.24. The lowest BCUT2D eigenvalue weighted by Gasteiger charge is -2.28. The molecule has 0 heterocycles. The van der Waals surface area contributed by atoms with Crippen molar-refractivity contribution in [2.24, 2.45) is 11.3 Å². The minimum absolute atomic E-state index is 0.0772. The zero-order valence-corrected chi connectivity index (χ0v) is 10.6. The van der Waals surface area contributed by atoms with Crippen LogP contribution >= 0.6 is 0 Å². The lowest BCUT2D eigenvalue weighted by molar-refractivity contribution is -0.130. The molecule has 0 fully saturated rings. The Bertz CT molecular complexity index is 200. The lowest BCUT2D eigenvalue weighted by atomic mass is 9.88. The van der Waals surface area contributed by atoms with Crippen molar-refractivity contribution in [3.8, 4) is 0 Å². The van der Waals surface area contributed by atoms with Gasteiger partial charge in [0.25, 0.3) is 0 Å². The lowest BCUT2D eigenvalue weighted by Crippen LogP contribution is -2.45. The second-order valence-corrected chi connectivity index (χ2v) is 5.07. The quantitative estimate of drug-likeness (QED) is 0.711. The molecule has 0 aliphatic rings. The van der Waals surface area contributed by atoms with E-state index in [0.717, 1.165) is 6.42 Å². The molecule has 15 heavy (non-hydrogen) atoms. The van der Waals surface area contributed by atoms with Crippen LogP contribution in [-0.4, -0.2) is 23.7 Å². The Labute approximate surface area is 93.3 Å². The number of nitrogens with one attached hydrogen (secondary N) is 1. The van der Waals surface area contributed by atoms with Crippen LogP contribution in [0.5, 0.6) is 0 Å². The zero-order valence-electron chi connectivity index (χ0n) is 10.6. The first kappa shape index (κ1) is 14.4. The van der Waals surface area contributed by atoms with Crippen molar-refractivity contribution in [3.63, 3.8) is 0 Å². The molecule has 2 N–H and O–H groups in total. The van der Waals surface area contributed by atoms with Crippen LogP contribution in [0, 0.1) is 11.3 Å². The number of carbonyl (C=O) groups is 1. The monoisotopic (exact) mass is 215 g/mol. The molecule has 0 aromatic heterocycles. The summed E-state index contributed by atoms with van der Waals surface area (Å²) >= 11 is 0. The van der Waals surface area contributed by atoms with Crippen LogP contribution in [0.25, 0.3) is 0 Å². The Kier molecular flexibility index (Phi) is 5.88. The van der Waals surface area contributed by atoms with E-state index in [1.165, 1.54) is 0 Å². The molecule has 0 aliphatic heterocycles. The van der Waals surface area contributed by atoms with Gasteiger partial charge in [0.1, 0.15) is 0 Å². The average molecular weight is 215 g/mol. The van der Waals surface area contributed by atoms with Gasteiger partial charge in [-0.05, 0) is 18.8 Å². The number of rotatable bonds is 6. The molecule has 1 unspecified atom stereocenters. The normalized spacial score (nSPS) is 14.1. The van der Waals surface area contributed by atoms with Crippen LogP contribution in [0.1, 0.15) is 47.5 Å². The third-order valence-corrected chi connectivity index (χ3v) is 3.06. The Hall–Kier alpha value is -0.570. The van der Waals surface area contributed by atoms with Gasteiger partial charge in [-0.3, -0.25) is 4.79 Å². The number of carbonyl (C=O) groups excluding carboxylic acids is 1. The van der Waals surface area contributed by atoms with E-state index >= 15 is 0 Å². The largest absolute Gasteiger partial charge is 0.396 e. The van der Waals surface area contributed by atoms with Gasteiger partial charge in [0.05, 0.1) is 0 Å².